The quantitative estimate of drug-likeness (QED) is 0.527. The van der Waals surface area contributed by atoms with Gasteiger partial charge in [-0.05, 0) is 58.3 Å². The molecule has 0 aromatic carbocycles. The van der Waals surface area contributed by atoms with Crippen LogP contribution >= 0.6 is 0 Å². The average molecular weight is 341 g/mol. The Balaban J connectivity index is 2.73. The third kappa shape index (κ3) is 5.47. The van der Waals surface area contributed by atoms with E-state index >= 15 is 0 Å². The molecule has 0 saturated heterocycles. The SMILES string of the molecule is CCC(C)(C)CC1(C(=O)OC(C)(C)CCOC(C)(C)C)CC1(C)C. The van der Waals surface area contributed by atoms with Gasteiger partial charge in [0.15, 0.2) is 0 Å². The van der Waals surface area contributed by atoms with E-state index in [0.29, 0.717) is 13.0 Å². The molecule has 1 fully saturated rings. The average Bonchev–Trinajstić information content (AvgIpc) is 2.88. The highest BCUT2D eigenvalue weighted by atomic mass is 16.6. The van der Waals surface area contributed by atoms with Crippen LogP contribution in [0.3, 0.4) is 0 Å². The number of carbonyl (C=O) groups is 1. The third-order valence-electron chi connectivity index (χ3n) is 5.65. The fourth-order valence-electron chi connectivity index (χ4n) is 3.38. The van der Waals surface area contributed by atoms with Crippen molar-refractivity contribution in [1.82, 2.24) is 0 Å². The first kappa shape index (κ1) is 21.5. The van der Waals surface area contributed by atoms with Gasteiger partial charge in [0.25, 0.3) is 0 Å². The van der Waals surface area contributed by atoms with Crippen molar-refractivity contribution < 1.29 is 14.3 Å². The number of esters is 1. The third-order valence-corrected chi connectivity index (χ3v) is 5.65. The molecule has 3 heteroatoms. The van der Waals surface area contributed by atoms with Gasteiger partial charge >= 0.3 is 5.97 Å². The van der Waals surface area contributed by atoms with E-state index in [1.54, 1.807) is 0 Å². The van der Waals surface area contributed by atoms with Crippen molar-refractivity contribution in [3.63, 3.8) is 0 Å². The normalized spacial score (nSPS) is 23.9. The molecule has 0 aromatic rings. The lowest BCUT2D eigenvalue weighted by Gasteiger charge is -2.34. The summed E-state index contributed by atoms with van der Waals surface area (Å²) in [5, 5.41) is 0. The van der Waals surface area contributed by atoms with Crippen LogP contribution in [-0.2, 0) is 14.3 Å². The molecule has 1 atom stereocenters. The number of rotatable bonds is 8. The molecule has 1 saturated carbocycles. The maximum Gasteiger partial charge on any atom is 0.313 e. The summed E-state index contributed by atoms with van der Waals surface area (Å²) >= 11 is 0. The van der Waals surface area contributed by atoms with E-state index in [2.05, 4.69) is 34.6 Å². The molecule has 0 radical (unpaired) electrons. The lowest BCUT2D eigenvalue weighted by Crippen LogP contribution is -2.37. The highest BCUT2D eigenvalue weighted by molar-refractivity contribution is 5.82. The molecular weight excluding hydrogens is 300 g/mol. The highest BCUT2D eigenvalue weighted by Crippen LogP contribution is 2.68. The Bertz CT molecular complexity index is 454. The Morgan fingerprint density at radius 2 is 1.54 bits per heavy atom. The molecule has 0 aromatic heterocycles. The summed E-state index contributed by atoms with van der Waals surface area (Å²) < 4.78 is 11.8. The first-order valence-corrected chi connectivity index (χ1v) is 9.43. The van der Waals surface area contributed by atoms with Crippen LogP contribution in [0.1, 0.15) is 94.9 Å². The van der Waals surface area contributed by atoms with Gasteiger partial charge in [0.1, 0.15) is 5.60 Å². The highest BCUT2D eigenvalue weighted by Gasteiger charge is 2.68. The first-order chi connectivity index (χ1) is 10.6. The van der Waals surface area contributed by atoms with Gasteiger partial charge in [0.05, 0.1) is 17.6 Å². The largest absolute Gasteiger partial charge is 0.459 e. The minimum absolute atomic E-state index is 0.0187. The van der Waals surface area contributed by atoms with Crippen LogP contribution in [0.2, 0.25) is 0 Å². The second-order valence-corrected chi connectivity index (χ2v) is 10.7. The summed E-state index contributed by atoms with van der Waals surface area (Å²) in [5.41, 5.74) is -0.787. The fraction of sp³-hybridized carbons (Fsp3) is 0.952. The summed E-state index contributed by atoms with van der Waals surface area (Å²) in [6, 6.07) is 0. The van der Waals surface area contributed by atoms with Crippen molar-refractivity contribution in [2.45, 2.75) is 106 Å². The summed E-state index contributed by atoms with van der Waals surface area (Å²) in [6.45, 7) is 21.8. The van der Waals surface area contributed by atoms with Gasteiger partial charge in [0, 0.05) is 6.42 Å². The van der Waals surface area contributed by atoms with Gasteiger partial charge in [-0.25, -0.2) is 0 Å². The Morgan fingerprint density at radius 3 is 1.92 bits per heavy atom. The van der Waals surface area contributed by atoms with Gasteiger partial charge < -0.3 is 9.47 Å². The van der Waals surface area contributed by atoms with E-state index < -0.39 is 5.60 Å². The van der Waals surface area contributed by atoms with Crippen molar-refractivity contribution in [1.29, 1.82) is 0 Å². The summed E-state index contributed by atoms with van der Waals surface area (Å²) in [6.07, 6.45) is 3.61. The van der Waals surface area contributed by atoms with Gasteiger partial charge in [-0.15, -0.1) is 0 Å². The number of hydrogen-bond donors (Lipinski definition) is 0. The smallest absolute Gasteiger partial charge is 0.313 e. The molecule has 1 unspecified atom stereocenters. The van der Waals surface area contributed by atoms with Crippen LogP contribution in [0.15, 0.2) is 0 Å². The molecule has 0 bridgehead atoms. The molecule has 0 spiro atoms. The lowest BCUT2D eigenvalue weighted by atomic mass is 9.76. The van der Waals surface area contributed by atoms with E-state index in [1.165, 1.54) is 0 Å². The van der Waals surface area contributed by atoms with Gasteiger partial charge in [0.2, 0.25) is 0 Å². The van der Waals surface area contributed by atoms with E-state index in [4.69, 9.17) is 9.47 Å². The molecule has 3 nitrogen and oxygen atoms in total. The Kier molecular flexibility index (Phi) is 5.93. The van der Waals surface area contributed by atoms with Crippen LogP contribution in [0.25, 0.3) is 0 Å². The summed E-state index contributed by atoms with van der Waals surface area (Å²) in [5.74, 6) is -0.0187. The van der Waals surface area contributed by atoms with Gasteiger partial charge in [-0.2, -0.15) is 0 Å². The summed E-state index contributed by atoms with van der Waals surface area (Å²) in [4.78, 5) is 13.0. The number of carbonyl (C=O) groups excluding carboxylic acids is 1. The zero-order chi connectivity index (χ0) is 19.0. The minimum atomic E-state index is -0.496. The Hall–Kier alpha value is -0.570. The van der Waals surface area contributed by atoms with E-state index in [1.807, 2.05) is 34.6 Å². The topological polar surface area (TPSA) is 35.5 Å². The van der Waals surface area contributed by atoms with Crippen LogP contribution in [0.5, 0.6) is 0 Å². The van der Waals surface area contributed by atoms with Crippen molar-refractivity contribution >= 4 is 5.97 Å². The predicted octanol–water partition coefficient (Wildman–Crippen LogP) is 5.76. The first-order valence-electron chi connectivity index (χ1n) is 9.43. The fourth-order valence-corrected chi connectivity index (χ4v) is 3.38. The van der Waals surface area contributed by atoms with Crippen molar-refractivity contribution in [3.05, 3.63) is 0 Å². The zero-order valence-electron chi connectivity index (χ0n) is 17.8. The van der Waals surface area contributed by atoms with Crippen molar-refractivity contribution in [2.24, 2.45) is 16.2 Å². The second kappa shape index (κ2) is 6.63. The molecule has 0 aliphatic heterocycles. The molecule has 0 N–H and O–H groups in total. The van der Waals surface area contributed by atoms with E-state index in [9.17, 15) is 4.79 Å². The van der Waals surface area contributed by atoms with E-state index in [-0.39, 0.29) is 27.8 Å². The number of hydrogen-bond acceptors (Lipinski definition) is 3. The standard InChI is InChI=1S/C21H40O3/c1-11-18(5,6)14-21(15-19(21,7)8)16(22)24-20(9,10)12-13-23-17(2,3)4/h11-15H2,1-10H3. The molecule has 1 rings (SSSR count). The lowest BCUT2D eigenvalue weighted by molar-refractivity contribution is -0.169. The maximum absolute atomic E-state index is 13.0. The minimum Gasteiger partial charge on any atom is -0.459 e. The van der Waals surface area contributed by atoms with Gasteiger partial charge in [-0.3, -0.25) is 4.79 Å². The maximum atomic E-state index is 13.0. The second-order valence-electron chi connectivity index (χ2n) is 10.7. The van der Waals surface area contributed by atoms with Crippen LogP contribution in [0, 0.1) is 16.2 Å². The van der Waals surface area contributed by atoms with Crippen LogP contribution < -0.4 is 0 Å². The molecule has 142 valence electrons. The summed E-state index contributed by atoms with van der Waals surface area (Å²) in [7, 11) is 0. The zero-order valence-corrected chi connectivity index (χ0v) is 17.8. The molecule has 1 aliphatic rings. The molecule has 1 aliphatic carbocycles. The van der Waals surface area contributed by atoms with E-state index in [0.717, 1.165) is 19.3 Å². The monoisotopic (exact) mass is 340 g/mol. The molecule has 0 amide bonds. The van der Waals surface area contributed by atoms with Crippen LogP contribution in [-0.4, -0.2) is 23.8 Å². The molecule has 24 heavy (non-hydrogen) atoms. The Labute approximate surface area is 149 Å². The number of ether oxygens (including phenoxy) is 2. The molecule has 0 heterocycles. The van der Waals surface area contributed by atoms with Crippen molar-refractivity contribution in [2.75, 3.05) is 6.61 Å². The van der Waals surface area contributed by atoms with Crippen LogP contribution in [0.4, 0.5) is 0 Å². The Morgan fingerprint density at radius 1 is 1.04 bits per heavy atom. The van der Waals surface area contributed by atoms with Gasteiger partial charge in [-0.1, -0.05) is 41.0 Å². The molecular formula is C21H40O3. The predicted molar refractivity (Wildman–Crippen MR) is 100 cm³/mol. The van der Waals surface area contributed by atoms with Crippen molar-refractivity contribution in [3.8, 4) is 0 Å².